The van der Waals surface area contributed by atoms with Crippen molar-refractivity contribution in [2.45, 2.75) is 0 Å². The van der Waals surface area contributed by atoms with Gasteiger partial charge in [0.25, 0.3) is 0 Å². The molecule has 11 rings (SSSR count). The highest BCUT2D eigenvalue weighted by Crippen LogP contribution is 2.47. The molecule has 8 aromatic carbocycles. The second-order valence-corrected chi connectivity index (χ2v) is 14.0. The molecule has 3 heterocycles. The zero-order chi connectivity index (χ0) is 32.8. The maximum Gasteiger partial charge on any atom is 0.136 e. The molecule has 0 unspecified atom stereocenters. The number of para-hydroxylation sites is 3. The minimum Gasteiger partial charge on any atom is -0.456 e. The van der Waals surface area contributed by atoms with E-state index in [0.717, 1.165) is 44.7 Å². The molecular weight excluding hydrogens is 629 g/mol. The maximum absolute atomic E-state index is 6.34. The van der Waals surface area contributed by atoms with Crippen molar-refractivity contribution >= 4 is 103 Å². The van der Waals surface area contributed by atoms with Crippen LogP contribution in [0.1, 0.15) is 0 Å². The summed E-state index contributed by atoms with van der Waals surface area (Å²) in [4.78, 5) is 2.45. The molecule has 3 aromatic heterocycles. The first-order valence-electron chi connectivity index (χ1n) is 16.9. The van der Waals surface area contributed by atoms with Crippen LogP contribution in [-0.4, -0.2) is 4.57 Å². The van der Waals surface area contributed by atoms with Gasteiger partial charge in [0.2, 0.25) is 0 Å². The summed E-state index contributed by atoms with van der Waals surface area (Å²) in [6.07, 6.45) is 0. The molecule has 0 spiro atoms. The minimum atomic E-state index is 0.906. The van der Waals surface area contributed by atoms with Crippen molar-refractivity contribution in [1.29, 1.82) is 0 Å². The Hall–Kier alpha value is -6.36. The summed E-state index contributed by atoms with van der Waals surface area (Å²) in [5, 5.41) is 9.66. The summed E-state index contributed by atoms with van der Waals surface area (Å²) >= 11 is 1.85. The zero-order valence-corrected chi connectivity index (χ0v) is 27.7. The van der Waals surface area contributed by atoms with Crippen molar-refractivity contribution in [3.63, 3.8) is 0 Å². The van der Waals surface area contributed by atoms with E-state index in [9.17, 15) is 0 Å². The van der Waals surface area contributed by atoms with Crippen LogP contribution in [-0.2, 0) is 0 Å². The van der Waals surface area contributed by atoms with Crippen LogP contribution < -0.4 is 4.90 Å². The molecule has 0 radical (unpaired) electrons. The number of thiophene rings is 1. The molecule has 0 amide bonds. The lowest BCUT2D eigenvalue weighted by Crippen LogP contribution is -2.10. The normalized spacial score (nSPS) is 12.0. The number of aromatic nitrogens is 1. The Morgan fingerprint density at radius 2 is 1.12 bits per heavy atom. The van der Waals surface area contributed by atoms with E-state index in [1.807, 2.05) is 17.4 Å². The highest BCUT2D eigenvalue weighted by Gasteiger charge is 2.22. The molecule has 0 atom stereocenters. The largest absolute Gasteiger partial charge is 0.456 e. The first kappa shape index (κ1) is 27.6. The third-order valence-electron chi connectivity index (χ3n) is 10.2. The number of hydrogen-bond donors (Lipinski definition) is 0. The van der Waals surface area contributed by atoms with E-state index in [1.165, 1.54) is 52.8 Å². The Labute approximate surface area is 291 Å². The summed E-state index contributed by atoms with van der Waals surface area (Å²) in [6.45, 7) is 0. The van der Waals surface area contributed by atoms with E-state index in [0.29, 0.717) is 0 Å². The maximum atomic E-state index is 6.34. The molecule has 0 aliphatic carbocycles. The average molecular weight is 657 g/mol. The Morgan fingerprint density at radius 3 is 2.02 bits per heavy atom. The Balaban J connectivity index is 1.23. The number of fused-ring (bicyclic) bond motifs is 11. The van der Waals surface area contributed by atoms with Crippen molar-refractivity contribution < 1.29 is 4.42 Å². The number of anilines is 3. The molecule has 0 N–H and O–H groups in total. The van der Waals surface area contributed by atoms with Gasteiger partial charge in [-0.25, -0.2) is 0 Å². The van der Waals surface area contributed by atoms with Crippen LogP contribution in [0, 0.1) is 0 Å². The quantitative estimate of drug-likeness (QED) is 0.188. The number of furan rings is 1. The van der Waals surface area contributed by atoms with Gasteiger partial charge >= 0.3 is 0 Å². The molecule has 4 heteroatoms. The van der Waals surface area contributed by atoms with Gasteiger partial charge in [-0.2, -0.15) is 0 Å². The Kier molecular flexibility index (Phi) is 5.83. The monoisotopic (exact) mass is 656 g/mol. The second-order valence-electron chi connectivity index (χ2n) is 12.9. The molecule has 0 aliphatic heterocycles. The second kappa shape index (κ2) is 10.6. The lowest BCUT2D eigenvalue weighted by atomic mass is 10.0. The lowest BCUT2D eigenvalue weighted by molar-refractivity contribution is 0.669. The van der Waals surface area contributed by atoms with Crippen molar-refractivity contribution in [2.24, 2.45) is 0 Å². The smallest absolute Gasteiger partial charge is 0.136 e. The number of benzene rings is 8. The van der Waals surface area contributed by atoms with E-state index in [1.54, 1.807) is 0 Å². The lowest BCUT2D eigenvalue weighted by Gasteiger charge is -2.27. The molecule has 0 saturated carbocycles. The summed E-state index contributed by atoms with van der Waals surface area (Å²) in [6, 6.07) is 61.4. The summed E-state index contributed by atoms with van der Waals surface area (Å²) in [5.41, 5.74) is 8.73. The summed E-state index contributed by atoms with van der Waals surface area (Å²) in [7, 11) is 0. The van der Waals surface area contributed by atoms with Crippen LogP contribution in [0.3, 0.4) is 0 Å². The van der Waals surface area contributed by atoms with Crippen LogP contribution in [0.2, 0.25) is 0 Å². The third kappa shape index (κ3) is 3.97. The molecule has 234 valence electrons. The Morgan fingerprint density at radius 1 is 0.440 bits per heavy atom. The zero-order valence-electron chi connectivity index (χ0n) is 26.9. The van der Waals surface area contributed by atoms with E-state index in [4.69, 9.17) is 4.42 Å². The van der Waals surface area contributed by atoms with Crippen LogP contribution in [0.4, 0.5) is 17.1 Å². The predicted molar refractivity (Wildman–Crippen MR) is 213 cm³/mol. The molecule has 0 fully saturated rings. The SMILES string of the molecule is c1ccc(-n2c3ccccc3c3cc(N(c4ccc5ccc6oc7ccccc7c6c5c4)c4cccc5sc6ccccc6c45)ccc32)cc1. The Bertz CT molecular complexity index is 3110. The molecule has 0 saturated heterocycles. The van der Waals surface area contributed by atoms with Gasteiger partial charge in [0.05, 0.1) is 16.7 Å². The van der Waals surface area contributed by atoms with Crippen molar-refractivity contribution in [3.8, 4) is 5.69 Å². The van der Waals surface area contributed by atoms with Gasteiger partial charge in [0.1, 0.15) is 11.2 Å². The van der Waals surface area contributed by atoms with Crippen LogP contribution in [0.5, 0.6) is 0 Å². The van der Waals surface area contributed by atoms with E-state index < -0.39 is 0 Å². The van der Waals surface area contributed by atoms with Gasteiger partial charge in [-0.1, -0.05) is 91.0 Å². The highest BCUT2D eigenvalue weighted by atomic mass is 32.1. The summed E-state index contributed by atoms with van der Waals surface area (Å²) < 4.78 is 11.3. The van der Waals surface area contributed by atoms with Crippen molar-refractivity contribution in [2.75, 3.05) is 4.90 Å². The van der Waals surface area contributed by atoms with E-state index in [2.05, 4.69) is 173 Å². The number of hydrogen-bond acceptors (Lipinski definition) is 3. The molecule has 0 bridgehead atoms. The average Bonchev–Trinajstić information content (AvgIpc) is 3.85. The van der Waals surface area contributed by atoms with Gasteiger partial charge < -0.3 is 13.9 Å². The van der Waals surface area contributed by atoms with Gasteiger partial charge in [0, 0.05) is 58.8 Å². The molecular formula is C46H28N2OS. The number of nitrogens with zero attached hydrogens (tertiary/aromatic N) is 2. The van der Waals surface area contributed by atoms with Gasteiger partial charge in [0.15, 0.2) is 0 Å². The topological polar surface area (TPSA) is 21.3 Å². The molecule has 11 aromatic rings. The molecule has 0 aliphatic rings. The van der Waals surface area contributed by atoms with Gasteiger partial charge in [-0.05, 0) is 89.6 Å². The first-order valence-corrected chi connectivity index (χ1v) is 17.7. The first-order chi connectivity index (χ1) is 24.8. The van der Waals surface area contributed by atoms with E-state index in [-0.39, 0.29) is 0 Å². The van der Waals surface area contributed by atoms with Crippen LogP contribution in [0.25, 0.3) is 80.4 Å². The minimum absolute atomic E-state index is 0.906. The van der Waals surface area contributed by atoms with Crippen LogP contribution >= 0.6 is 11.3 Å². The number of rotatable bonds is 4. The fraction of sp³-hybridized carbons (Fsp3) is 0. The van der Waals surface area contributed by atoms with Crippen molar-refractivity contribution in [3.05, 3.63) is 170 Å². The summed E-state index contributed by atoms with van der Waals surface area (Å²) in [5.74, 6) is 0. The van der Waals surface area contributed by atoms with Crippen LogP contribution in [0.15, 0.2) is 174 Å². The van der Waals surface area contributed by atoms with Gasteiger partial charge in [-0.3, -0.25) is 0 Å². The fourth-order valence-electron chi connectivity index (χ4n) is 7.99. The molecule has 3 nitrogen and oxygen atoms in total. The third-order valence-corrected chi connectivity index (χ3v) is 11.3. The fourth-order valence-corrected chi connectivity index (χ4v) is 9.12. The highest BCUT2D eigenvalue weighted by molar-refractivity contribution is 7.26. The van der Waals surface area contributed by atoms with Gasteiger partial charge in [-0.15, -0.1) is 11.3 Å². The van der Waals surface area contributed by atoms with Crippen molar-refractivity contribution in [1.82, 2.24) is 4.57 Å². The predicted octanol–water partition coefficient (Wildman–Crippen LogP) is 13.7. The molecule has 50 heavy (non-hydrogen) atoms. The van der Waals surface area contributed by atoms with E-state index >= 15 is 0 Å². The standard InChI is InChI=1S/C46H28N2OS/c1-2-11-30(12-3-1)48-38-16-7-4-13-33(38)37-28-32(24-25-39(37)48)47(40-17-10-20-44-46(40)35-15-6-9-19-43(35)50-44)31-23-21-29-22-26-42-45(36(29)27-31)34-14-5-8-18-41(34)49-42/h1-28H.